The minimum absolute atomic E-state index is 0.104. The maximum atomic E-state index is 10.2. The number of carbonyl (C=O) groups excluding carboxylic acids is 1. The predicted octanol–water partition coefficient (Wildman–Crippen LogP) is 0.542. The smallest absolute Gasteiger partial charge is 0.404 e. The van der Waals surface area contributed by atoms with Crippen LogP contribution in [0.15, 0.2) is 11.6 Å². The molecule has 1 atom stereocenters. The Bertz CT molecular complexity index is 210. The average molecular weight is 155 g/mol. The summed E-state index contributed by atoms with van der Waals surface area (Å²) in [5.74, 6) is 0. The van der Waals surface area contributed by atoms with Gasteiger partial charge in [0.2, 0.25) is 0 Å². The quantitative estimate of drug-likeness (QED) is 0.572. The number of aldehydes is 1. The fraction of sp³-hybridized carbons (Fsp3) is 0.429. The second-order valence-corrected chi connectivity index (χ2v) is 2.48. The van der Waals surface area contributed by atoms with Gasteiger partial charge in [-0.1, -0.05) is 6.08 Å². The summed E-state index contributed by atoms with van der Waals surface area (Å²) in [4.78, 5) is 20.3. The summed E-state index contributed by atoms with van der Waals surface area (Å²) in [6, 6.07) is -0.104. The molecule has 0 spiro atoms. The Morgan fingerprint density at radius 3 is 3.00 bits per heavy atom. The van der Waals surface area contributed by atoms with Crippen molar-refractivity contribution in [1.82, 2.24) is 5.32 Å². The van der Waals surface area contributed by atoms with Crippen LogP contribution < -0.4 is 5.32 Å². The first-order valence-electron chi connectivity index (χ1n) is 3.36. The summed E-state index contributed by atoms with van der Waals surface area (Å²) >= 11 is 0. The van der Waals surface area contributed by atoms with Crippen molar-refractivity contribution in [3.05, 3.63) is 11.6 Å². The highest BCUT2D eigenvalue weighted by Gasteiger charge is 2.17. The molecule has 0 saturated heterocycles. The fourth-order valence-electron chi connectivity index (χ4n) is 1.13. The Morgan fingerprint density at radius 2 is 2.55 bits per heavy atom. The molecule has 1 aliphatic carbocycles. The second kappa shape index (κ2) is 3.18. The molecule has 0 saturated carbocycles. The molecule has 1 aliphatic rings. The summed E-state index contributed by atoms with van der Waals surface area (Å²) in [6.45, 7) is 0. The number of carbonyl (C=O) groups is 2. The SMILES string of the molecule is O=CC1=CCC(NC(=O)O)C1. The van der Waals surface area contributed by atoms with E-state index in [0.717, 1.165) is 6.29 Å². The van der Waals surface area contributed by atoms with E-state index in [4.69, 9.17) is 5.11 Å². The van der Waals surface area contributed by atoms with Gasteiger partial charge in [0.25, 0.3) is 0 Å². The Labute approximate surface area is 63.9 Å². The largest absolute Gasteiger partial charge is 0.465 e. The average Bonchev–Trinajstić information content (AvgIpc) is 2.34. The topological polar surface area (TPSA) is 66.4 Å². The van der Waals surface area contributed by atoms with E-state index in [9.17, 15) is 9.59 Å². The summed E-state index contributed by atoms with van der Waals surface area (Å²) < 4.78 is 0. The summed E-state index contributed by atoms with van der Waals surface area (Å²) in [7, 11) is 0. The van der Waals surface area contributed by atoms with Gasteiger partial charge in [-0.05, 0) is 18.4 Å². The molecule has 1 rings (SSSR count). The van der Waals surface area contributed by atoms with Crippen molar-refractivity contribution in [2.45, 2.75) is 18.9 Å². The molecule has 0 aromatic heterocycles. The third-order valence-corrected chi connectivity index (χ3v) is 1.63. The monoisotopic (exact) mass is 155 g/mol. The Balaban J connectivity index is 2.35. The van der Waals surface area contributed by atoms with Crippen LogP contribution in [0.25, 0.3) is 0 Å². The molecule has 1 unspecified atom stereocenters. The van der Waals surface area contributed by atoms with Gasteiger partial charge in [-0.25, -0.2) is 4.79 Å². The molecule has 1 amide bonds. The van der Waals surface area contributed by atoms with E-state index in [1.807, 2.05) is 0 Å². The number of carboxylic acid groups (broad SMARTS) is 1. The molecule has 2 N–H and O–H groups in total. The fourth-order valence-corrected chi connectivity index (χ4v) is 1.13. The zero-order valence-corrected chi connectivity index (χ0v) is 5.91. The zero-order valence-electron chi connectivity index (χ0n) is 5.91. The Morgan fingerprint density at radius 1 is 1.82 bits per heavy atom. The van der Waals surface area contributed by atoms with E-state index in [-0.39, 0.29) is 6.04 Å². The predicted molar refractivity (Wildman–Crippen MR) is 38.3 cm³/mol. The molecule has 4 nitrogen and oxygen atoms in total. The van der Waals surface area contributed by atoms with Crippen molar-refractivity contribution in [1.29, 1.82) is 0 Å². The minimum Gasteiger partial charge on any atom is -0.465 e. The van der Waals surface area contributed by atoms with E-state index < -0.39 is 6.09 Å². The van der Waals surface area contributed by atoms with Crippen LogP contribution in [-0.4, -0.2) is 23.5 Å². The minimum atomic E-state index is -1.03. The highest BCUT2D eigenvalue weighted by atomic mass is 16.4. The molecule has 0 aliphatic heterocycles. The molecule has 60 valence electrons. The van der Waals surface area contributed by atoms with Crippen LogP contribution in [0.3, 0.4) is 0 Å². The van der Waals surface area contributed by atoms with Gasteiger partial charge in [0.05, 0.1) is 0 Å². The van der Waals surface area contributed by atoms with E-state index in [0.29, 0.717) is 18.4 Å². The molecular weight excluding hydrogens is 146 g/mol. The molecule has 0 bridgehead atoms. The van der Waals surface area contributed by atoms with Gasteiger partial charge in [0.15, 0.2) is 0 Å². The maximum Gasteiger partial charge on any atom is 0.404 e. The van der Waals surface area contributed by atoms with Crippen LogP contribution in [-0.2, 0) is 4.79 Å². The lowest BCUT2D eigenvalue weighted by Gasteiger charge is -2.07. The first-order valence-corrected chi connectivity index (χ1v) is 3.36. The molecule has 0 fully saturated rings. The summed E-state index contributed by atoms with van der Waals surface area (Å²) in [6.07, 6.45) is 2.64. The number of rotatable bonds is 2. The van der Waals surface area contributed by atoms with Crippen LogP contribution in [0.4, 0.5) is 4.79 Å². The van der Waals surface area contributed by atoms with Crippen LogP contribution in [0.5, 0.6) is 0 Å². The third-order valence-electron chi connectivity index (χ3n) is 1.63. The maximum absolute atomic E-state index is 10.2. The highest BCUT2D eigenvalue weighted by molar-refractivity contribution is 5.74. The molecular formula is C7H9NO3. The first-order chi connectivity index (χ1) is 5.22. The zero-order chi connectivity index (χ0) is 8.27. The van der Waals surface area contributed by atoms with Crippen LogP contribution >= 0.6 is 0 Å². The number of amides is 1. The lowest BCUT2D eigenvalue weighted by Crippen LogP contribution is -2.31. The molecule has 11 heavy (non-hydrogen) atoms. The number of nitrogens with one attached hydrogen (secondary N) is 1. The lowest BCUT2D eigenvalue weighted by atomic mass is 10.2. The van der Waals surface area contributed by atoms with Crippen LogP contribution in [0.1, 0.15) is 12.8 Å². The molecule has 0 heterocycles. The van der Waals surface area contributed by atoms with E-state index in [1.54, 1.807) is 6.08 Å². The number of hydrogen-bond donors (Lipinski definition) is 2. The Hall–Kier alpha value is -1.32. The van der Waals surface area contributed by atoms with Crippen molar-refractivity contribution in [2.75, 3.05) is 0 Å². The molecule has 0 aromatic rings. The van der Waals surface area contributed by atoms with E-state index in [1.165, 1.54) is 0 Å². The first kappa shape index (κ1) is 7.78. The lowest BCUT2D eigenvalue weighted by molar-refractivity contribution is -0.105. The van der Waals surface area contributed by atoms with Gasteiger partial charge in [-0.3, -0.25) is 4.79 Å². The van der Waals surface area contributed by atoms with E-state index >= 15 is 0 Å². The van der Waals surface area contributed by atoms with Crippen molar-refractivity contribution in [3.63, 3.8) is 0 Å². The van der Waals surface area contributed by atoms with Crippen molar-refractivity contribution < 1.29 is 14.7 Å². The van der Waals surface area contributed by atoms with E-state index in [2.05, 4.69) is 5.32 Å². The molecule has 0 radical (unpaired) electrons. The second-order valence-electron chi connectivity index (χ2n) is 2.48. The van der Waals surface area contributed by atoms with Crippen molar-refractivity contribution in [2.24, 2.45) is 0 Å². The van der Waals surface area contributed by atoms with Gasteiger partial charge >= 0.3 is 6.09 Å². The highest BCUT2D eigenvalue weighted by Crippen LogP contribution is 2.16. The van der Waals surface area contributed by atoms with Gasteiger partial charge in [-0.15, -0.1) is 0 Å². The van der Waals surface area contributed by atoms with Crippen molar-refractivity contribution >= 4 is 12.4 Å². The van der Waals surface area contributed by atoms with Crippen LogP contribution in [0.2, 0.25) is 0 Å². The molecule has 0 aromatic carbocycles. The van der Waals surface area contributed by atoms with Gasteiger partial charge < -0.3 is 10.4 Å². The Kier molecular flexibility index (Phi) is 2.25. The van der Waals surface area contributed by atoms with Gasteiger partial charge in [-0.2, -0.15) is 0 Å². The molecule has 4 heteroatoms. The normalized spacial score (nSPS) is 22.5. The van der Waals surface area contributed by atoms with Crippen LogP contribution in [0, 0.1) is 0 Å². The third kappa shape index (κ3) is 2.07. The van der Waals surface area contributed by atoms with Gasteiger partial charge in [0, 0.05) is 6.04 Å². The summed E-state index contributed by atoms with van der Waals surface area (Å²) in [5.41, 5.74) is 0.684. The number of hydrogen-bond acceptors (Lipinski definition) is 2. The van der Waals surface area contributed by atoms with Crippen molar-refractivity contribution in [3.8, 4) is 0 Å². The standard InChI is InChI=1S/C7H9NO3/c9-4-5-1-2-6(3-5)8-7(10)11/h1,4,6,8H,2-3H2,(H,10,11). The summed E-state index contributed by atoms with van der Waals surface area (Å²) in [5, 5.41) is 10.6. The van der Waals surface area contributed by atoms with Gasteiger partial charge in [0.1, 0.15) is 6.29 Å².